The van der Waals surface area contributed by atoms with Gasteiger partial charge in [0.15, 0.2) is 6.61 Å². The van der Waals surface area contributed by atoms with E-state index in [9.17, 15) is 4.79 Å². The van der Waals surface area contributed by atoms with Crippen LogP contribution in [-0.2, 0) is 4.79 Å². The molecule has 0 saturated carbocycles. The van der Waals surface area contributed by atoms with Crippen molar-refractivity contribution < 1.29 is 9.53 Å². The van der Waals surface area contributed by atoms with Crippen LogP contribution in [0, 0.1) is 6.92 Å². The van der Waals surface area contributed by atoms with E-state index in [2.05, 4.69) is 5.10 Å². The van der Waals surface area contributed by atoms with Crippen LogP contribution >= 0.6 is 0 Å². The normalized spacial score (nSPS) is 14.2. The third-order valence-electron chi connectivity index (χ3n) is 3.23. The molecule has 2 N–H and O–H groups in total. The van der Waals surface area contributed by atoms with Crippen molar-refractivity contribution >= 4 is 17.3 Å². The number of benzene rings is 1. The number of hydrogen-bond acceptors (Lipinski definition) is 4. The second kappa shape index (κ2) is 4.01. The van der Waals surface area contributed by atoms with Crippen molar-refractivity contribution in [2.45, 2.75) is 6.92 Å². The number of anilines is 2. The highest BCUT2D eigenvalue weighted by Gasteiger charge is 2.22. The van der Waals surface area contributed by atoms with E-state index in [4.69, 9.17) is 10.5 Å². The third-order valence-corrected chi connectivity index (χ3v) is 3.23. The molecule has 19 heavy (non-hydrogen) atoms. The first-order valence-electron chi connectivity index (χ1n) is 5.92. The van der Waals surface area contributed by atoms with Crippen molar-refractivity contribution in [3.05, 3.63) is 30.1 Å². The monoisotopic (exact) mass is 258 g/mol. The zero-order valence-electron chi connectivity index (χ0n) is 10.8. The standard InChI is InChI=1S/C13H14N4O2/c1-8-10(14)6-17(15-8)9-3-4-11-12(5-9)19-7-13(18)16(11)2/h3-6H,7,14H2,1-2H3. The van der Waals surface area contributed by atoms with Crippen LogP contribution in [-0.4, -0.2) is 29.3 Å². The van der Waals surface area contributed by atoms with Gasteiger partial charge >= 0.3 is 0 Å². The summed E-state index contributed by atoms with van der Waals surface area (Å²) in [5.74, 6) is 0.616. The Morgan fingerprint density at radius 2 is 2.21 bits per heavy atom. The van der Waals surface area contributed by atoms with Gasteiger partial charge < -0.3 is 15.4 Å². The van der Waals surface area contributed by atoms with Gasteiger partial charge in [-0.15, -0.1) is 0 Å². The SMILES string of the molecule is Cc1nn(-c2ccc3c(c2)OCC(=O)N3C)cc1N. The Labute approximate surface area is 110 Å². The molecule has 6 heteroatoms. The summed E-state index contributed by atoms with van der Waals surface area (Å²) in [5.41, 5.74) is 8.83. The molecule has 0 atom stereocenters. The van der Waals surface area contributed by atoms with E-state index in [0.717, 1.165) is 17.1 Å². The first-order valence-corrected chi connectivity index (χ1v) is 5.92. The Bertz CT molecular complexity index is 643. The number of aromatic nitrogens is 2. The van der Waals surface area contributed by atoms with Gasteiger partial charge in [-0.1, -0.05) is 0 Å². The average Bonchev–Trinajstić information content (AvgIpc) is 2.74. The molecule has 0 aliphatic carbocycles. The van der Waals surface area contributed by atoms with Gasteiger partial charge in [0.25, 0.3) is 5.91 Å². The van der Waals surface area contributed by atoms with Crippen molar-refractivity contribution in [1.29, 1.82) is 0 Å². The molecule has 6 nitrogen and oxygen atoms in total. The summed E-state index contributed by atoms with van der Waals surface area (Å²) in [6.45, 7) is 1.92. The molecule has 2 aromatic rings. The third kappa shape index (κ3) is 1.81. The van der Waals surface area contributed by atoms with Crippen molar-refractivity contribution in [2.75, 3.05) is 24.3 Å². The summed E-state index contributed by atoms with van der Waals surface area (Å²) in [7, 11) is 1.74. The van der Waals surface area contributed by atoms with Gasteiger partial charge in [0.1, 0.15) is 5.75 Å². The van der Waals surface area contributed by atoms with Gasteiger partial charge in [0, 0.05) is 13.1 Å². The zero-order valence-corrected chi connectivity index (χ0v) is 10.8. The van der Waals surface area contributed by atoms with E-state index in [0.29, 0.717) is 11.4 Å². The predicted octanol–water partition coefficient (Wildman–Crippen LogP) is 1.12. The molecule has 0 fully saturated rings. The number of nitrogen functional groups attached to an aromatic ring is 1. The minimum absolute atomic E-state index is 0.0561. The number of fused-ring (bicyclic) bond motifs is 1. The lowest BCUT2D eigenvalue weighted by Crippen LogP contribution is -2.35. The average molecular weight is 258 g/mol. The van der Waals surface area contributed by atoms with Crippen molar-refractivity contribution in [2.24, 2.45) is 0 Å². The van der Waals surface area contributed by atoms with Crippen LogP contribution in [0.1, 0.15) is 5.69 Å². The maximum absolute atomic E-state index is 11.5. The zero-order chi connectivity index (χ0) is 13.6. The minimum Gasteiger partial charge on any atom is -0.481 e. The predicted molar refractivity (Wildman–Crippen MR) is 71.6 cm³/mol. The smallest absolute Gasteiger partial charge is 0.264 e. The molecule has 0 spiro atoms. The number of carbonyl (C=O) groups excluding carboxylic acids is 1. The second-order valence-corrected chi connectivity index (χ2v) is 4.51. The number of likely N-dealkylation sites (N-methyl/N-ethyl adjacent to an activating group) is 1. The lowest BCUT2D eigenvalue weighted by Gasteiger charge is -2.26. The number of rotatable bonds is 1. The molecule has 1 aliphatic rings. The number of aryl methyl sites for hydroxylation is 1. The Kier molecular flexibility index (Phi) is 2.45. The molecule has 0 unspecified atom stereocenters. The number of nitrogens with two attached hydrogens (primary N) is 1. The van der Waals surface area contributed by atoms with Crippen LogP contribution in [0.3, 0.4) is 0 Å². The molecule has 0 radical (unpaired) electrons. The maximum atomic E-state index is 11.5. The van der Waals surface area contributed by atoms with Gasteiger partial charge in [-0.25, -0.2) is 4.68 Å². The number of ether oxygens (including phenoxy) is 1. The fourth-order valence-corrected chi connectivity index (χ4v) is 2.01. The molecule has 3 rings (SSSR count). The molecule has 1 aromatic heterocycles. The van der Waals surface area contributed by atoms with Crippen molar-refractivity contribution in [3.8, 4) is 11.4 Å². The van der Waals surface area contributed by atoms with Crippen LogP contribution in [0.15, 0.2) is 24.4 Å². The van der Waals surface area contributed by atoms with Crippen LogP contribution in [0.5, 0.6) is 5.75 Å². The van der Waals surface area contributed by atoms with Crippen LogP contribution < -0.4 is 15.4 Å². The Morgan fingerprint density at radius 1 is 1.42 bits per heavy atom. The van der Waals surface area contributed by atoms with Crippen LogP contribution in [0.4, 0.5) is 11.4 Å². The molecule has 0 bridgehead atoms. The first-order chi connectivity index (χ1) is 9.06. The van der Waals surface area contributed by atoms with Gasteiger partial charge in [0.05, 0.1) is 29.0 Å². The highest BCUT2D eigenvalue weighted by molar-refractivity contribution is 5.97. The largest absolute Gasteiger partial charge is 0.481 e. The van der Waals surface area contributed by atoms with Crippen LogP contribution in [0.25, 0.3) is 5.69 Å². The van der Waals surface area contributed by atoms with Gasteiger partial charge in [0.2, 0.25) is 0 Å². The molecule has 98 valence electrons. The van der Waals surface area contributed by atoms with Crippen molar-refractivity contribution in [3.63, 3.8) is 0 Å². The van der Waals surface area contributed by atoms with Gasteiger partial charge in [-0.2, -0.15) is 5.10 Å². The van der Waals surface area contributed by atoms with E-state index in [1.54, 1.807) is 22.8 Å². The van der Waals surface area contributed by atoms with Crippen LogP contribution in [0.2, 0.25) is 0 Å². The fraction of sp³-hybridized carbons (Fsp3) is 0.231. The molecular formula is C13H14N4O2. The maximum Gasteiger partial charge on any atom is 0.264 e. The fourth-order valence-electron chi connectivity index (χ4n) is 2.01. The molecule has 1 aromatic carbocycles. The van der Waals surface area contributed by atoms with Gasteiger partial charge in [-0.3, -0.25) is 4.79 Å². The minimum atomic E-state index is -0.0561. The topological polar surface area (TPSA) is 73.4 Å². The van der Waals surface area contributed by atoms with E-state index in [1.165, 1.54) is 0 Å². The summed E-state index contributed by atoms with van der Waals surface area (Å²) in [6.07, 6.45) is 1.76. The summed E-state index contributed by atoms with van der Waals surface area (Å²) in [4.78, 5) is 13.1. The number of hydrogen-bond donors (Lipinski definition) is 1. The second-order valence-electron chi connectivity index (χ2n) is 4.51. The molecule has 2 heterocycles. The molecule has 1 amide bonds. The van der Waals surface area contributed by atoms with Crippen molar-refractivity contribution in [1.82, 2.24) is 9.78 Å². The van der Waals surface area contributed by atoms with Gasteiger partial charge in [-0.05, 0) is 19.1 Å². The highest BCUT2D eigenvalue weighted by atomic mass is 16.5. The summed E-state index contributed by atoms with van der Waals surface area (Å²) >= 11 is 0. The van der Waals surface area contributed by atoms with E-state index < -0.39 is 0 Å². The molecule has 0 saturated heterocycles. The summed E-state index contributed by atoms with van der Waals surface area (Å²) in [6, 6.07) is 5.57. The first kappa shape index (κ1) is 11.6. The highest BCUT2D eigenvalue weighted by Crippen LogP contribution is 2.33. The Balaban J connectivity index is 2.04. The van der Waals surface area contributed by atoms with E-state index in [-0.39, 0.29) is 12.5 Å². The van der Waals surface area contributed by atoms with E-state index >= 15 is 0 Å². The molecular weight excluding hydrogens is 244 g/mol. The molecule has 1 aliphatic heterocycles. The lowest BCUT2D eigenvalue weighted by molar-refractivity contribution is -0.120. The number of nitrogens with zero attached hydrogens (tertiary/aromatic N) is 3. The Morgan fingerprint density at radius 3 is 2.89 bits per heavy atom. The Hall–Kier alpha value is -2.50. The lowest BCUT2D eigenvalue weighted by atomic mass is 10.2. The summed E-state index contributed by atoms with van der Waals surface area (Å²) < 4.78 is 7.14. The number of amides is 1. The quantitative estimate of drug-likeness (QED) is 0.831. The summed E-state index contributed by atoms with van der Waals surface area (Å²) in [5, 5.41) is 4.32. The van der Waals surface area contributed by atoms with E-state index in [1.807, 2.05) is 25.1 Å². The number of carbonyl (C=O) groups is 1.